The van der Waals surface area contributed by atoms with Crippen molar-refractivity contribution in [1.29, 1.82) is 0 Å². The van der Waals surface area contributed by atoms with Gasteiger partial charge in [0.25, 0.3) is 0 Å². The van der Waals surface area contributed by atoms with Crippen molar-refractivity contribution in [1.82, 2.24) is 0 Å². The summed E-state index contributed by atoms with van der Waals surface area (Å²) in [5, 5.41) is 8.96. The van der Waals surface area contributed by atoms with E-state index in [9.17, 15) is 4.79 Å². The summed E-state index contributed by atoms with van der Waals surface area (Å²) in [5.74, 6) is -0.767. The van der Waals surface area contributed by atoms with Gasteiger partial charge in [-0.15, -0.1) is 0 Å². The molecule has 17 heavy (non-hydrogen) atoms. The van der Waals surface area contributed by atoms with Crippen LogP contribution in [0.1, 0.15) is 52.9 Å². The Morgan fingerprint density at radius 3 is 2.29 bits per heavy atom. The van der Waals surface area contributed by atoms with E-state index in [4.69, 9.17) is 5.11 Å². The van der Waals surface area contributed by atoms with Crippen molar-refractivity contribution in [2.24, 2.45) is 10.8 Å². The largest absolute Gasteiger partial charge is 0.478 e. The number of carbonyl (C=O) groups is 1. The Balaban J connectivity index is 2.28. The van der Waals surface area contributed by atoms with E-state index in [1.807, 2.05) is 0 Å². The summed E-state index contributed by atoms with van der Waals surface area (Å²) in [4.78, 5) is 10.9. The van der Waals surface area contributed by atoms with Crippen LogP contribution in [0.2, 0.25) is 0 Å². The molecule has 0 unspecified atom stereocenters. The van der Waals surface area contributed by atoms with Crippen LogP contribution in [0, 0.1) is 10.8 Å². The Morgan fingerprint density at radius 2 is 1.88 bits per heavy atom. The monoisotopic (exact) mass is 234 g/mol. The lowest BCUT2D eigenvalue weighted by Gasteiger charge is -2.41. The van der Waals surface area contributed by atoms with Crippen LogP contribution in [0.15, 0.2) is 23.3 Å². The van der Waals surface area contributed by atoms with Gasteiger partial charge in [0.05, 0.1) is 0 Å². The minimum atomic E-state index is -0.767. The molecule has 1 N–H and O–H groups in total. The van der Waals surface area contributed by atoms with E-state index in [1.165, 1.54) is 24.8 Å². The van der Waals surface area contributed by atoms with Gasteiger partial charge in [0.15, 0.2) is 0 Å². The van der Waals surface area contributed by atoms with Gasteiger partial charge in [-0.2, -0.15) is 0 Å². The van der Waals surface area contributed by atoms with Gasteiger partial charge < -0.3 is 5.11 Å². The second kappa shape index (κ2) is 4.01. The van der Waals surface area contributed by atoms with Gasteiger partial charge in [0, 0.05) is 5.57 Å². The minimum absolute atomic E-state index is 0.257. The van der Waals surface area contributed by atoms with Crippen LogP contribution in [-0.2, 0) is 4.79 Å². The molecule has 2 aliphatic rings. The average Bonchev–Trinajstić information content (AvgIpc) is 2.55. The van der Waals surface area contributed by atoms with E-state index in [1.54, 1.807) is 6.08 Å². The summed E-state index contributed by atoms with van der Waals surface area (Å²) in [6, 6.07) is 0. The number of hydrogen-bond acceptors (Lipinski definition) is 1. The van der Waals surface area contributed by atoms with E-state index in [2.05, 4.69) is 26.8 Å². The molecule has 0 bridgehead atoms. The van der Waals surface area contributed by atoms with Crippen molar-refractivity contribution in [2.45, 2.75) is 52.9 Å². The Bertz CT molecular complexity index is 401. The van der Waals surface area contributed by atoms with Gasteiger partial charge in [0.1, 0.15) is 0 Å². The second-order valence-electron chi connectivity index (χ2n) is 6.26. The summed E-state index contributed by atoms with van der Waals surface area (Å²) in [7, 11) is 0. The van der Waals surface area contributed by atoms with Crippen LogP contribution in [0.4, 0.5) is 0 Å². The lowest BCUT2D eigenvalue weighted by molar-refractivity contribution is -0.132. The number of rotatable bonds is 2. The number of hydrogen-bond donors (Lipinski definition) is 1. The van der Waals surface area contributed by atoms with Gasteiger partial charge in [-0.3, -0.25) is 0 Å². The smallest absolute Gasteiger partial charge is 0.331 e. The maximum Gasteiger partial charge on any atom is 0.331 e. The van der Waals surface area contributed by atoms with Crippen molar-refractivity contribution >= 4 is 5.97 Å². The van der Waals surface area contributed by atoms with E-state index < -0.39 is 5.97 Å². The molecule has 0 aromatic rings. The van der Waals surface area contributed by atoms with Gasteiger partial charge >= 0.3 is 5.97 Å². The molecule has 2 heteroatoms. The number of allylic oxidation sites excluding steroid dienone is 3. The molecular weight excluding hydrogens is 212 g/mol. The van der Waals surface area contributed by atoms with Crippen LogP contribution in [0.25, 0.3) is 0 Å². The molecule has 1 saturated carbocycles. The Morgan fingerprint density at radius 1 is 1.18 bits per heavy atom. The average molecular weight is 234 g/mol. The molecule has 94 valence electrons. The summed E-state index contributed by atoms with van der Waals surface area (Å²) >= 11 is 0. The second-order valence-corrected chi connectivity index (χ2v) is 6.26. The fourth-order valence-electron chi connectivity index (χ4n) is 3.37. The molecular formula is C15H22O2. The molecule has 2 rings (SSSR count). The molecule has 0 aromatic carbocycles. The molecule has 2 nitrogen and oxygen atoms in total. The molecule has 0 spiro atoms. The van der Waals surface area contributed by atoms with Crippen molar-refractivity contribution in [3.8, 4) is 0 Å². The fraction of sp³-hybridized carbons (Fsp3) is 0.667. The highest BCUT2D eigenvalue weighted by Gasteiger charge is 2.47. The predicted octanol–water partition coefficient (Wildman–Crippen LogP) is 3.93. The lowest BCUT2D eigenvalue weighted by atomic mass is 9.63. The molecule has 0 heterocycles. The summed E-state index contributed by atoms with van der Waals surface area (Å²) < 4.78 is 0. The van der Waals surface area contributed by atoms with Crippen LogP contribution in [0.3, 0.4) is 0 Å². The minimum Gasteiger partial charge on any atom is -0.478 e. The highest BCUT2D eigenvalue weighted by atomic mass is 16.4. The first kappa shape index (κ1) is 12.4. The first-order valence-electron chi connectivity index (χ1n) is 6.50. The Hall–Kier alpha value is -1.05. The zero-order valence-electron chi connectivity index (χ0n) is 11.0. The number of aliphatic carboxylic acids is 1. The lowest BCUT2D eigenvalue weighted by Crippen LogP contribution is -2.32. The van der Waals surface area contributed by atoms with E-state index >= 15 is 0 Å². The first-order chi connectivity index (χ1) is 7.87. The zero-order valence-corrected chi connectivity index (χ0v) is 11.0. The normalized spacial score (nSPS) is 31.9. The molecule has 2 aliphatic carbocycles. The highest BCUT2D eigenvalue weighted by molar-refractivity contribution is 5.87. The topological polar surface area (TPSA) is 37.3 Å². The van der Waals surface area contributed by atoms with Gasteiger partial charge in [-0.1, -0.05) is 44.9 Å². The Kier molecular flexibility index (Phi) is 2.92. The molecule has 0 aromatic heterocycles. The van der Waals surface area contributed by atoms with Gasteiger partial charge in [-0.25, -0.2) is 4.79 Å². The SMILES string of the molecule is CC1(C)CCC[C@@]1(C)C1=CC=C(C(=O)O)CC1. The molecule has 1 atom stereocenters. The third-order valence-electron chi connectivity index (χ3n) is 5.11. The molecule has 0 radical (unpaired) electrons. The van der Waals surface area contributed by atoms with Crippen molar-refractivity contribution < 1.29 is 9.90 Å². The predicted molar refractivity (Wildman–Crippen MR) is 68.8 cm³/mol. The summed E-state index contributed by atoms with van der Waals surface area (Å²) in [6.45, 7) is 7.04. The van der Waals surface area contributed by atoms with E-state index in [-0.39, 0.29) is 5.41 Å². The quantitative estimate of drug-likeness (QED) is 0.786. The van der Waals surface area contributed by atoms with Crippen LogP contribution >= 0.6 is 0 Å². The summed E-state index contributed by atoms with van der Waals surface area (Å²) in [6.07, 6.45) is 9.28. The molecule has 0 amide bonds. The maximum absolute atomic E-state index is 10.9. The Labute approximate surface area is 103 Å². The highest BCUT2D eigenvalue weighted by Crippen LogP contribution is 2.57. The number of carboxylic acids is 1. The van der Waals surface area contributed by atoms with Gasteiger partial charge in [-0.05, 0) is 36.5 Å². The third-order valence-corrected chi connectivity index (χ3v) is 5.11. The molecule has 0 saturated heterocycles. The number of carboxylic acid groups (broad SMARTS) is 1. The zero-order chi connectivity index (χ0) is 12.7. The third kappa shape index (κ3) is 1.94. The summed E-state index contributed by atoms with van der Waals surface area (Å²) in [5.41, 5.74) is 2.60. The van der Waals surface area contributed by atoms with Crippen LogP contribution in [-0.4, -0.2) is 11.1 Å². The van der Waals surface area contributed by atoms with E-state index in [0.717, 1.165) is 6.42 Å². The maximum atomic E-state index is 10.9. The van der Waals surface area contributed by atoms with Crippen molar-refractivity contribution in [2.75, 3.05) is 0 Å². The molecule has 0 aliphatic heterocycles. The van der Waals surface area contributed by atoms with Crippen LogP contribution < -0.4 is 0 Å². The molecule has 1 fully saturated rings. The standard InChI is InChI=1S/C15H22O2/c1-14(2)9-4-10-15(14,3)12-7-5-11(6-8-12)13(16)17/h5,7H,4,6,8-10H2,1-3H3,(H,16,17)/t15-/m0/s1. The van der Waals surface area contributed by atoms with E-state index in [0.29, 0.717) is 17.4 Å². The van der Waals surface area contributed by atoms with Gasteiger partial charge in [0.2, 0.25) is 0 Å². The van der Waals surface area contributed by atoms with Crippen molar-refractivity contribution in [3.05, 3.63) is 23.3 Å². The van der Waals surface area contributed by atoms with Crippen LogP contribution in [0.5, 0.6) is 0 Å². The fourth-order valence-corrected chi connectivity index (χ4v) is 3.37. The van der Waals surface area contributed by atoms with Crippen molar-refractivity contribution in [3.63, 3.8) is 0 Å². The first-order valence-corrected chi connectivity index (χ1v) is 6.50.